The summed E-state index contributed by atoms with van der Waals surface area (Å²) in [6, 6.07) is 7.00. The first kappa shape index (κ1) is 10.4. The Bertz CT molecular complexity index is 366. The van der Waals surface area contributed by atoms with Gasteiger partial charge < -0.3 is 5.11 Å². The van der Waals surface area contributed by atoms with Crippen molar-refractivity contribution in [2.24, 2.45) is 5.92 Å². The van der Waals surface area contributed by atoms with Gasteiger partial charge in [0.1, 0.15) is 0 Å². The van der Waals surface area contributed by atoms with E-state index < -0.39 is 11.9 Å². The van der Waals surface area contributed by atoms with Crippen LogP contribution < -0.4 is 10.9 Å². The lowest BCUT2D eigenvalue weighted by molar-refractivity contribution is -0.141. The summed E-state index contributed by atoms with van der Waals surface area (Å²) in [6.45, 7) is 0.433. The van der Waals surface area contributed by atoms with Crippen LogP contribution in [-0.4, -0.2) is 17.6 Å². The summed E-state index contributed by atoms with van der Waals surface area (Å²) in [4.78, 5) is 10.9. The molecule has 1 aromatic carbocycles. The van der Waals surface area contributed by atoms with E-state index in [0.717, 1.165) is 5.56 Å². The van der Waals surface area contributed by atoms with Gasteiger partial charge >= 0.3 is 5.97 Å². The summed E-state index contributed by atoms with van der Waals surface area (Å²) in [7, 11) is 0. The van der Waals surface area contributed by atoms with E-state index in [9.17, 15) is 4.79 Å². The van der Waals surface area contributed by atoms with Gasteiger partial charge in [-0.25, -0.2) is 5.43 Å². The second kappa shape index (κ2) is 4.18. The third-order valence-corrected chi connectivity index (χ3v) is 2.78. The fourth-order valence-corrected chi connectivity index (χ4v) is 1.84. The van der Waals surface area contributed by atoms with Crippen LogP contribution in [0.15, 0.2) is 24.3 Å². The molecule has 1 saturated heterocycles. The molecule has 15 heavy (non-hydrogen) atoms. The number of carbonyl (C=O) groups is 1. The number of hydrogen-bond acceptors (Lipinski definition) is 3. The van der Waals surface area contributed by atoms with Crippen LogP contribution in [0.25, 0.3) is 0 Å². The van der Waals surface area contributed by atoms with Crippen molar-refractivity contribution in [2.75, 3.05) is 6.54 Å². The Hall–Kier alpha value is -1.10. The highest BCUT2D eigenvalue weighted by molar-refractivity contribution is 6.30. The summed E-state index contributed by atoms with van der Waals surface area (Å²) in [5.74, 6) is -1.24. The molecule has 0 radical (unpaired) electrons. The number of hydrazine groups is 1. The number of rotatable bonds is 2. The van der Waals surface area contributed by atoms with Crippen molar-refractivity contribution in [3.8, 4) is 0 Å². The van der Waals surface area contributed by atoms with E-state index >= 15 is 0 Å². The monoisotopic (exact) mass is 226 g/mol. The number of carboxylic acid groups (broad SMARTS) is 1. The lowest BCUT2D eigenvalue weighted by Crippen LogP contribution is -2.26. The Labute approximate surface area is 92.2 Å². The van der Waals surface area contributed by atoms with Crippen molar-refractivity contribution in [1.29, 1.82) is 0 Å². The third kappa shape index (κ3) is 2.12. The van der Waals surface area contributed by atoms with Crippen LogP contribution in [0.4, 0.5) is 0 Å². The second-order valence-electron chi connectivity index (χ2n) is 3.50. The van der Waals surface area contributed by atoms with Gasteiger partial charge in [-0.1, -0.05) is 23.7 Å². The Kier molecular flexibility index (Phi) is 2.90. The van der Waals surface area contributed by atoms with Crippen LogP contribution in [0.2, 0.25) is 5.02 Å². The van der Waals surface area contributed by atoms with E-state index in [0.29, 0.717) is 11.6 Å². The van der Waals surface area contributed by atoms with Gasteiger partial charge in [-0.15, -0.1) is 0 Å². The highest BCUT2D eigenvalue weighted by Gasteiger charge is 2.33. The molecule has 1 aromatic rings. The maximum absolute atomic E-state index is 10.9. The van der Waals surface area contributed by atoms with Crippen LogP contribution in [0, 0.1) is 5.92 Å². The van der Waals surface area contributed by atoms with Gasteiger partial charge in [0.05, 0.1) is 12.0 Å². The molecule has 0 bridgehead atoms. The molecule has 80 valence electrons. The number of halogens is 1. The summed E-state index contributed by atoms with van der Waals surface area (Å²) < 4.78 is 0. The minimum Gasteiger partial charge on any atom is -0.481 e. The molecule has 2 rings (SSSR count). The Morgan fingerprint density at radius 1 is 1.40 bits per heavy atom. The first-order valence-electron chi connectivity index (χ1n) is 4.65. The topological polar surface area (TPSA) is 61.4 Å². The minimum absolute atomic E-state index is 0.195. The van der Waals surface area contributed by atoms with E-state index in [1.54, 1.807) is 12.1 Å². The predicted molar refractivity (Wildman–Crippen MR) is 56.5 cm³/mol. The van der Waals surface area contributed by atoms with Gasteiger partial charge in [0.2, 0.25) is 0 Å². The Balaban J connectivity index is 2.22. The molecule has 0 saturated carbocycles. The summed E-state index contributed by atoms with van der Waals surface area (Å²) >= 11 is 5.76. The molecular formula is C10H11ClN2O2. The van der Waals surface area contributed by atoms with Gasteiger partial charge in [0.25, 0.3) is 0 Å². The highest BCUT2D eigenvalue weighted by atomic mass is 35.5. The fraction of sp³-hybridized carbons (Fsp3) is 0.300. The number of benzene rings is 1. The molecule has 3 N–H and O–H groups in total. The lowest BCUT2D eigenvalue weighted by atomic mass is 9.95. The summed E-state index contributed by atoms with van der Waals surface area (Å²) in [5, 5.41) is 9.64. The van der Waals surface area contributed by atoms with Crippen molar-refractivity contribution >= 4 is 17.6 Å². The molecule has 0 aliphatic carbocycles. The molecule has 1 heterocycles. The quantitative estimate of drug-likeness (QED) is 0.709. The molecule has 0 aromatic heterocycles. The van der Waals surface area contributed by atoms with Crippen LogP contribution in [0.5, 0.6) is 0 Å². The van der Waals surface area contributed by atoms with Gasteiger partial charge in [-0.3, -0.25) is 10.2 Å². The summed E-state index contributed by atoms with van der Waals surface area (Å²) in [6.07, 6.45) is 0. The lowest BCUT2D eigenvalue weighted by Gasteiger charge is -2.14. The van der Waals surface area contributed by atoms with Crippen LogP contribution in [-0.2, 0) is 4.79 Å². The van der Waals surface area contributed by atoms with E-state index in [1.807, 2.05) is 12.1 Å². The number of hydrogen-bond donors (Lipinski definition) is 3. The van der Waals surface area contributed by atoms with E-state index in [1.165, 1.54) is 0 Å². The van der Waals surface area contributed by atoms with E-state index in [2.05, 4.69) is 10.9 Å². The van der Waals surface area contributed by atoms with Crippen molar-refractivity contribution in [2.45, 2.75) is 6.04 Å². The molecule has 2 atom stereocenters. The zero-order valence-corrected chi connectivity index (χ0v) is 8.66. The average Bonchev–Trinajstić information content (AvgIpc) is 2.67. The van der Waals surface area contributed by atoms with Gasteiger partial charge in [0.15, 0.2) is 0 Å². The fourth-order valence-electron chi connectivity index (χ4n) is 1.71. The van der Waals surface area contributed by atoms with E-state index in [4.69, 9.17) is 16.7 Å². The van der Waals surface area contributed by atoms with E-state index in [-0.39, 0.29) is 6.04 Å². The molecule has 2 unspecified atom stereocenters. The number of nitrogens with one attached hydrogen (secondary N) is 2. The zero-order valence-electron chi connectivity index (χ0n) is 7.90. The maximum Gasteiger partial charge on any atom is 0.309 e. The highest BCUT2D eigenvalue weighted by Crippen LogP contribution is 2.25. The average molecular weight is 227 g/mol. The molecule has 4 nitrogen and oxygen atoms in total. The molecule has 1 aliphatic rings. The van der Waals surface area contributed by atoms with Crippen LogP contribution >= 0.6 is 11.6 Å². The molecule has 5 heteroatoms. The molecule has 1 aliphatic heterocycles. The largest absolute Gasteiger partial charge is 0.481 e. The molecular weight excluding hydrogens is 216 g/mol. The Morgan fingerprint density at radius 2 is 2.07 bits per heavy atom. The minimum atomic E-state index is -0.799. The molecule has 0 amide bonds. The van der Waals surface area contributed by atoms with Gasteiger partial charge in [-0.05, 0) is 17.7 Å². The predicted octanol–water partition coefficient (Wildman–Crippen LogP) is 1.19. The zero-order chi connectivity index (χ0) is 10.8. The van der Waals surface area contributed by atoms with Crippen molar-refractivity contribution in [3.05, 3.63) is 34.9 Å². The second-order valence-corrected chi connectivity index (χ2v) is 3.94. The smallest absolute Gasteiger partial charge is 0.309 e. The van der Waals surface area contributed by atoms with Crippen molar-refractivity contribution in [3.63, 3.8) is 0 Å². The maximum atomic E-state index is 10.9. The Morgan fingerprint density at radius 3 is 2.67 bits per heavy atom. The molecule has 0 spiro atoms. The van der Waals surface area contributed by atoms with Crippen molar-refractivity contribution in [1.82, 2.24) is 10.9 Å². The third-order valence-electron chi connectivity index (χ3n) is 2.53. The number of aliphatic carboxylic acids is 1. The SMILES string of the molecule is O=C(O)C1CNNC1c1ccc(Cl)cc1. The van der Waals surface area contributed by atoms with Gasteiger partial charge in [0, 0.05) is 11.6 Å². The standard InChI is InChI=1S/C10H11ClN2O2/c11-7-3-1-6(2-4-7)9-8(10(14)15)5-12-13-9/h1-4,8-9,12-13H,5H2,(H,14,15). The van der Waals surface area contributed by atoms with Crippen molar-refractivity contribution < 1.29 is 9.90 Å². The summed E-state index contributed by atoms with van der Waals surface area (Å²) in [5.41, 5.74) is 6.73. The van der Waals surface area contributed by atoms with Crippen LogP contribution in [0.1, 0.15) is 11.6 Å². The number of carboxylic acids is 1. The first-order chi connectivity index (χ1) is 7.18. The normalized spacial score (nSPS) is 25.4. The van der Waals surface area contributed by atoms with Gasteiger partial charge in [-0.2, -0.15) is 0 Å². The van der Waals surface area contributed by atoms with Crippen LogP contribution in [0.3, 0.4) is 0 Å². The first-order valence-corrected chi connectivity index (χ1v) is 5.03. The molecule has 1 fully saturated rings.